The summed E-state index contributed by atoms with van der Waals surface area (Å²) < 4.78 is 32.3. The summed E-state index contributed by atoms with van der Waals surface area (Å²) in [6.45, 7) is 0. The fraction of sp³-hybridized carbons (Fsp3) is 0.143. The van der Waals surface area contributed by atoms with Crippen LogP contribution in [-0.4, -0.2) is 11.1 Å². The first kappa shape index (κ1) is 13.9. The summed E-state index contributed by atoms with van der Waals surface area (Å²) in [4.78, 5) is 15.5. The predicted molar refractivity (Wildman–Crippen MR) is 73.4 cm³/mol. The number of pyridine rings is 1. The van der Waals surface area contributed by atoms with Gasteiger partial charge in [0.15, 0.2) is 17.7 Å². The Morgan fingerprint density at radius 2 is 1.95 bits per heavy atom. The summed E-state index contributed by atoms with van der Waals surface area (Å²) in [6.07, 6.45) is 1.82. The van der Waals surface area contributed by atoms with Gasteiger partial charge in [0.2, 0.25) is 0 Å². The molecule has 0 bridgehead atoms. The highest BCUT2D eigenvalue weighted by molar-refractivity contribution is 9.10. The zero-order valence-electron chi connectivity index (χ0n) is 10.5. The average molecular weight is 355 g/mol. The Bertz CT molecular complexity index is 711. The molecular formula is C14H9BrF2N2O2. The molecule has 108 valence electrons. The van der Waals surface area contributed by atoms with Gasteiger partial charge in [0, 0.05) is 16.9 Å². The smallest absolute Gasteiger partial charge is 0.408 e. The van der Waals surface area contributed by atoms with E-state index < -0.39 is 29.9 Å². The lowest BCUT2D eigenvalue weighted by molar-refractivity contribution is 0.132. The molecular weight excluding hydrogens is 346 g/mol. The molecule has 1 aliphatic heterocycles. The van der Waals surface area contributed by atoms with E-state index in [9.17, 15) is 13.6 Å². The number of aromatic nitrogens is 1. The van der Waals surface area contributed by atoms with Gasteiger partial charge >= 0.3 is 6.09 Å². The lowest BCUT2D eigenvalue weighted by Gasteiger charge is -2.17. The van der Waals surface area contributed by atoms with E-state index in [2.05, 4.69) is 26.2 Å². The van der Waals surface area contributed by atoms with Crippen LogP contribution in [0.15, 0.2) is 41.1 Å². The van der Waals surface area contributed by atoms with Crippen LogP contribution >= 0.6 is 15.9 Å². The Labute approximate surface area is 127 Å². The molecule has 1 amide bonds. The van der Waals surface area contributed by atoms with Gasteiger partial charge in [-0.3, -0.25) is 4.98 Å². The topological polar surface area (TPSA) is 51.2 Å². The molecule has 2 atom stereocenters. The summed E-state index contributed by atoms with van der Waals surface area (Å²) in [5, 5.41) is 2.64. The van der Waals surface area contributed by atoms with Crippen molar-refractivity contribution in [3.63, 3.8) is 0 Å². The van der Waals surface area contributed by atoms with Crippen molar-refractivity contribution in [2.45, 2.75) is 12.1 Å². The molecule has 21 heavy (non-hydrogen) atoms. The van der Waals surface area contributed by atoms with Crippen molar-refractivity contribution in [1.82, 2.24) is 10.3 Å². The largest absolute Gasteiger partial charge is 0.439 e. The minimum absolute atomic E-state index is 0.372. The van der Waals surface area contributed by atoms with Crippen LogP contribution in [0.1, 0.15) is 23.3 Å². The zero-order chi connectivity index (χ0) is 15.0. The molecule has 1 aliphatic rings. The van der Waals surface area contributed by atoms with Crippen LogP contribution in [0.3, 0.4) is 0 Å². The minimum Gasteiger partial charge on any atom is -0.439 e. The molecule has 1 saturated heterocycles. The van der Waals surface area contributed by atoms with Gasteiger partial charge < -0.3 is 10.1 Å². The van der Waals surface area contributed by atoms with Gasteiger partial charge in [-0.05, 0) is 45.3 Å². The van der Waals surface area contributed by atoms with Gasteiger partial charge in [-0.25, -0.2) is 13.6 Å². The third-order valence-corrected chi connectivity index (χ3v) is 3.60. The number of nitrogens with zero attached hydrogens (tertiary/aromatic N) is 1. The molecule has 1 aromatic heterocycles. The maximum Gasteiger partial charge on any atom is 0.408 e. The van der Waals surface area contributed by atoms with Crippen molar-refractivity contribution in [3.8, 4) is 0 Å². The Hall–Kier alpha value is -2.02. The third kappa shape index (κ3) is 2.73. The van der Waals surface area contributed by atoms with Crippen molar-refractivity contribution in [2.75, 3.05) is 0 Å². The zero-order valence-corrected chi connectivity index (χ0v) is 12.1. The molecule has 3 rings (SSSR count). The van der Waals surface area contributed by atoms with Crippen molar-refractivity contribution < 1.29 is 18.3 Å². The summed E-state index contributed by atoms with van der Waals surface area (Å²) in [6, 6.07) is 4.68. The van der Waals surface area contributed by atoms with Gasteiger partial charge in [0.25, 0.3) is 0 Å². The first-order valence-corrected chi connectivity index (χ1v) is 6.86. The maximum atomic E-state index is 13.4. The van der Waals surface area contributed by atoms with Crippen molar-refractivity contribution in [1.29, 1.82) is 0 Å². The number of alkyl carbamates (subject to hydrolysis) is 1. The van der Waals surface area contributed by atoms with Gasteiger partial charge in [0.1, 0.15) is 6.04 Å². The molecule has 4 nitrogen and oxygen atoms in total. The number of benzene rings is 1. The fourth-order valence-electron chi connectivity index (χ4n) is 2.23. The SMILES string of the molecule is O=C1N[C@H](c2cncc(Br)c2)[C@@H](c2ccc(F)c(F)c2)O1. The summed E-state index contributed by atoms with van der Waals surface area (Å²) >= 11 is 3.30. The van der Waals surface area contributed by atoms with Gasteiger partial charge in [-0.2, -0.15) is 0 Å². The van der Waals surface area contributed by atoms with Crippen LogP contribution in [0.5, 0.6) is 0 Å². The number of carbonyl (C=O) groups is 1. The van der Waals surface area contributed by atoms with Crippen molar-refractivity contribution in [3.05, 3.63) is 63.9 Å². The first-order chi connectivity index (χ1) is 10.0. The highest BCUT2D eigenvalue weighted by atomic mass is 79.9. The molecule has 0 aliphatic carbocycles. The summed E-state index contributed by atoms with van der Waals surface area (Å²) in [5.41, 5.74) is 1.07. The molecule has 1 fully saturated rings. The first-order valence-electron chi connectivity index (χ1n) is 6.07. The number of hydrogen-bond donors (Lipinski definition) is 1. The standard InChI is InChI=1S/C14H9BrF2N2O2/c15-9-3-8(5-18-6-9)12-13(21-14(20)19-12)7-1-2-10(16)11(17)4-7/h1-6,12-13H,(H,19,20)/t12-,13-/m1/s1. The Morgan fingerprint density at radius 3 is 2.67 bits per heavy atom. The molecule has 7 heteroatoms. The summed E-state index contributed by atoms with van der Waals surface area (Å²) in [7, 11) is 0. The number of halogens is 3. The molecule has 2 aromatic rings. The maximum absolute atomic E-state index is 13.4. The number of hydrogen-bond acceptors (Lipinski definition) is 3. The van der Waals surface area contributed by atoms with E-state index in [0.717, 1.165) is 16.6 Å². The monoisotopic (exact) mass is 354 g/mol. The van der Waals surface area contributed by atoms with E-state index >= 15 is 0 Å². The van der Waals surface area contributed by atoms with E-state index in [4.69, 9.17) is 4.74 Å². The number of carbonyl (C=O) groups excluding carboxylic acids is 1. The van der Waals surface area contributed by atoms with Crippen LogP contribution in [0.25, 0.3) is 0 Å². The molecule has 0 spiro atoms. The molecule has 1 aromatic carbocycles. The van der Waals surface area contributed by atoms with Crippen LogP contribution < -0.4 is 5.32 Å². The molecule has 2 heterocycles. The lowest BCUT2D eigenvalue weighted by Crippen LogP contribution is -2.19. The second-order valence-electron chi connectivity index (χ2n) is 4.56. The van der Waals surface area contributed by atoms with Crippen molar-refractivity contribution >= 4 is 22.0 Å². The van der Waals surface area contributed by atoms with Gasteiger partial charge in [0.05, 0.1) is 0 Å². The molecule has 0 saturated carbocycles. The summed E-state index contributed by atoms with van der Waals surface area (Å²) in [5.74, 6) is -1.93. The van der Waals surface area contributed by atoms with E-state index in [1.165, 1.54) is 6.07 Å². The number of rotatable bonds is 2. The number of ether oxygens (including phenoxy) is 1. The van der Waals surface area contributed by atoms with E-state index in [0.29, 0.717) is 11.1 Å². The van der Waals surface area contributed by atoms with Gasteiger partial charge in [-0.1, -0.05) is 6.07 Å². The minimum atomic E-state index is -0.985. The predicted octanol–water partition coefficient (Wildman–Crippen LogP) is 3.64. The van der Waals surface area contributed by atoms with Crippen LogP contribution in [-0.2, 0) is 4.74 Å². The third-order valence-electron chi connectivity index (χ3n) is 3.17. The molecule has 0 radical (unpaired) electrons. The highest BCUT2D eigenvalue weighted by Gasteiger charge is 2.37. The second kappa shape index (κ2) is 5.40. The lowest BCUT2D eigenvalue weighted by atomic mass is 9.97. The Kier molecular flexibility index (Phi) is 3.59. The van der Waals surface area contributed by atoms with E-state index in [-0.39, 0.29) is 0 Å². The highest BCUT2D eigenvalue weighted by Crippen LogP contribution is 2.37. The average Bonchev–Trinajstić information content (AvgIpc) is 2.84. The van der Waals surface area contributed by atoms with Crippen LogP contribution in [0.4, 0.5) is 13.6 Å². The quantitative estimate of drug-likeness (QED) is 0.895. The fourth-order valence-corrected chi connectivity index (χ4v) is 2.61. The molecule has 0 unspecified atom stereocenters. The molecule has 1 N–H and O–H groups in total. The second-order valence-corrected chi connectivity index (χ2v) is 5.47. The van der Waals surface area contributed by atoms with Crippen molar-refractivity contribution in [2.24, 2.45) is 0 Å². The van der Waals surface area contributed by atoms with Crippen LogP contribution in [0.2, 0.25) is 0 Å². The van der Waals surface area contributed by atoms with E-state index in [1.807, 2.05) is 0 Å². The Balaban J connectivity index is 1.99. The van der Waals surface area contributed by atoms with Gasteiger partial charge in [-0.15, -0.1) is 0 Å². The van der Waals surface area contributed by atoms with Crippen LogP contribution in [0, 0.1) is 11.6 Å². The number of amides is 1. The van der Waals surface area contributed by atoms with E-state index in [1.54, 1.807) is 18.5 Å². The number of nitrogens with one attached hydrogen (secondary N) is 1. The number of cyclic esters (lactones) is 1. The normalized spacial score (nSPS) is 21.0. The Morgan fingerprint density at radius 1 is 1.14 bits per heavy atom.